The maximum atomic E-state index is 14.4. The molecule has 3 atom stereocenters. The first kappa shape index (κ1) is 18.5. The number of halogens is 2. The minimum absolute atomic E-state index is 0.0239. The zero-order valence-electron chi connectivity index (χ0n) is 14.2. The number of piperidine rings is 2. The number of β-amino-alcohol motifs (C(OH)–C–C–N with tert-alkyl or cyclic N) is 2. The zero-order valence-corrected chi connectivity index (χ0v) is 14.2. The van der Waals surface area contributed by atoms with Gasteiger partial charge >= 0.3 is 0 Å². The van der Waals surface area contributed by atoms with Gasteiger partial charge in [-0.25, -0.2) is 8.78 Å². The average Bonchev–Trinajstić information content (AvgIpc) is 2.59. The third kappa shape index (κ3) is 4.28. The molecule has 3 rings (SSSR count). The Labute approximate surface area is 146 Å². The highest BCUT2D eigenvalue weighted by atomic mass is 19.1. The molecule has 0 spiro atoms. The van der Waals surface area contributed by atoms with Crippen LogP contribution in [0.2, 0.25) is 0 Å². The van der Waals surface area contributed by atoms with Crippen molar-refractivity contribution in [3.8, 4) is 0 Å². The molecule has 2 fully saturated rings. The van der Waals surface area contributed by atoms with E-state index in [1.807, 2.05) is 4.90 Å². The van der Waals surface area contributed by atoms with Gasteiger partial charge in [0.05, 0.1) is 12.2 Å². The summed E-state index contributed by atoms with van der Waals surface area (Å²) >= 11 is 0. The Bertz CT molecular complexity index is 561. The topological polar surface area (TPSA) is 67.2 Å². The van der Waals surface area contributed by atoms with E-state index >= 15 is 0 Å². The van der Waals surface area contributed by atoms with Crippen molar-refractivity contribution < 1.29 is 24.1 Å². The number of rotatable bonds is 4. The Morgan fingerprint density at radius 3 is 2.04 bits per heavy atom. The van der Waals surface area contributed by atoms with E-state index in [4.69, 9.17) is 0 Å². The summed E-state index contributed by atoms with van der Waals surface area (Å²) in [6, 6.07) is 2.79. The predicted molar refractivity (Wildman–Crippen MR) is 90.6 cm³/mol. The van der Waals surface area contributed by atoms with Crippen molar-refractivity contribution in [1.29, 1.82) is 0 Å². The van der Waals surface area contributed by atoms with Crippen LogP contribution in [0, 0.1) is 11.6 Å². The van der Waals surface area contributed by atoms with Gasteiger partial charge in [0, 0.05) is 44.0 Å². The molecule has 2 aliphatic rings. The summed E-state index contributed by atoms with van der Waals surface area (Å²) in [5.41, 5.74) is 0.612. The summed E-state index contributed by atoms with van der Waals surface area (Å²) in [6.07, 6.45) is 0.0933. The molecule has 140 valence electrons. The van der Waals surface area contributed by atoms with Gasteiger partial charge in [0.15, 0.2) is 0 Å². The zero-order chi connectivity index (χ0) is 18.0. The van der Waals surface area contributed by atoms with Gasteiger partial charge in [0.25, 0.3) is 0 Å². The van der Waals surface area contributed by atoms with E-state index in [0.717, 1.165) is 32.4 Å². The van der Waals surface area contributed by atoms with Gasteiger partial charge in [0.2, 0.25) is 0 Å². The lowest BCUT2D eigenvalue weighted by molar-refractivity contribution is -0.109. The fourth-order valence-corrected chi connectivity index (χ4v) is 3.69. The Morgan fingerprint density at radius 1 is 0.920 bits per heavy atom. The van der Waals surface area contributed by atoms with Crippen molar-refractivity contribution in [2.75, 3.05) is 37.6 Å². The molecule has 2 heterocycles. The maximum absolute atomic E-state index is 14.4. The Balaban J connectivity index is 1.64. The lowest BCUT2D eigenvalue weighted by Gasteiger charge is -2.36. The fraction of sp³-hybridized carbons (Fsp3) is 0.667. The third-order valence-corrected chi connectivity index (χ3v) is 5.20. The van der Waals surface area contributed by atoms with Gasteiger partial charge in [-0.05, 0) is 37.8 Å². The molecule has 0 saturated carbocycles. The monoisotopic (exact) mass is 356 g/mol. The number of aliphatic hydroxyl groups is 3. The Morgan fingerprint density at radius 2 is 1.48 bits per heavy atom. The highest BCUT2D eigenvalue weighted by Crippen LogP contribution is 2.25. The average molecular weight is 356 g/mol. The third-order valence-electron chi connectivity index (χ3n) is 5.20. The van der Waals surface area contributed by atoms with Crippen LogP contribution in [-0.4, -0.2) is 71.3 Å². The quantitative estimate of drug-likeness (QED) is 0.748. The molecule has 25 heavy (non-hydrogen) atoms. The van der Waals surface area contributed by atoms with E-state index in [9.17, 15) is 24.1 Å². The van der Waals surface area contributed by atoms with Gasteiger partial charge in [0.1, 0.15) is 17.7 Å². The molecule has 0 bridgehead atoms. The normalized spacial score (nSPS) is 28.4. The van der Waals surface area contributed by atoms with E-state index in [1.54, 1.807) is 4.90 Å². The SMILES string of the molecule is O[C@H]1[C@H](O)CN(CCc2c(F)cc(N3CCCCC3)cc2F)C[C@@H]1O. The number of hydrogen-bond donors (Lipinski definition) is 3. The largest absolute Gasteiger partial charge is 0.389 e. The first-order valence-electron chi connectivity index (χ1n) is 8.95. The van der Waals surface area contributed by atoms with Crippen molar-refractivity contribution in [1.82, 2.24) is 4.90 Å². The molecule has 0 aliphatic carbocycles. The number of benzene rings is 1. The van der Waals surface area contributed by atoms with Crippen LogP contribution >= 0.6 is 0 Å². The van der Waals surface area contributed by atoms with Crippen LogP contribution in [0.3, 0.4) is 0 Å². The molecular formula is C18H26F2N2O3. The highest BCUT2D eigenvalue weighted by Gasteiger charge is 2.33. The van der Waals surface area contributed by atoms with Crippen molar-refractivity contribution in [2.45, 2.75) is 44.0 Å². The maximum Gasteiger partial charge on any atom is 0.131 e. The molecule has 1 aromatic carbocycles. The molecule has 3 N–H and O–H groups in total. The number of hydrogen-bond acceptors (Lipinski definition) is 5. The molecule has 2 saturated heterocycles. The van der Waals surface area contributed by atoms with E-state index in [-0.39, 0.29) is 25.1 Å². The van der Waals surface area contributed by atoms with E-state index < -0.39 is 29.9 Å². The molecule has 0 unspecified atom stereocenters. The fourth-order valence-electron chi connectivity index (χ4n) is 3.69. The van der Waals surface area contributed by atoms with Crippen LogP contribution < -0.4 is 4.90 Å². The van der Waals surface area contributed by atoms with Gasteiger partial charge in [-0.3, -0.25) is 4.90 Å². The highest BCUT2D eigenvalue weighted by molar-refractivity contribution is 5.49. The van der Waals surface area contributed by atoms with Crippen molar-refractivity contribution >= 4 is 5.69 Å². The number of aliphatic hydroxyl groups excluding tert-OH is 3. The van der Waals surface area contributed by atoms with Crippen molar-refractivity contribution in [3.05, 3.63) is 29.3 Å². The van der Waals surface area contributed by atoms with Gasteiger partial charge < -0.3 is 20.2 Å². The predicted octanol–water partition coefficient (Wildman–Crippen LogP) is 0.896. The second kappa shape index (κ2) is 7.95. The molecule has 5 nitrogen and oxygen atoms in total. The molecule has 0 aromatic heterocycles. The second-order valence-electron chi connectivity index (χ2n) is 7.07. The number of nitrogens with zero attached hydrogens (tertiary/aromatic N) is 2. The smallest absolute Gasteiger partial charge is 0.131 e. The van der Waals surface area contributed by atoms with Gasteiger partial charge in [-0.1, -0.05) is 0 Å². The minimum atomic E-state index is -1.17. The van der Waals surface area contributed by atoms with Crippen LogP contribution in [-0.2, 0) is 6.42 Å². The van der Waals surface area contributed by atoms with Crippen LogP contribution in [0.1, 0.15) is 24.8 Å². The van der Waals surface area contributed by atoms with E-state index in [0.29, 0.717) is 12.2 Å². The summed E-state index contributed by atoms with van der Waals surface area (Å²) in [4.78, 5) is 3.72. The van der Waals surface area contributed by atoms with Crippen LogP contribution in [0.15, 0.2) is 12.1 Å². The second-order valence-corrected chi connectivity index (χ2v) is 7.07. The van der Waals surface area contributed by atoms with Crippen molar-refractivity contribution in [2.24, 2.45) is 0 Å². The molecular weight excluding hydrogens is 330 g/mol. The lowest BCUT2D eigenvalue weighted by Crippen LogP contribution is -2.55. The molecule has 1 aromatic rings. The lowest BCUT2D eigenvalue weighted by atomic mass is 10.0. The summed E-state index contributed by atoms with van der Waals surface area (Å²) in [7, 11) is 0. The Kier molecular flexibility index (Phi) is 5.89. The molecule has 2 aliphatic heterocycles. The minimum Gasteiger partial charge on any atom is -0.389 e. The number of likely N-dealkylation sites (tertiary alicyclic amines) is 1. The standard InChI is InChI=1S/C18H26F2N2O3/c19-14-8-12(22-5-2-1-3-6-22)9-15(20)13(14)4-7-21-10-16(23)18(25)17(24)11-21/h8-9,16-18,23-25H,1-7,10-11H2/t16-,17+,18+. The van der Waals surface area contributed by atoms with E-state index in [2.05, 4.69) is 0 Å². The molecule has 0 amide bonds. The summed E-state index contributed by atoms with van der Waals surface area (Å²) in [5.74, 6) is -1.11. The van der Waals surface area contributed by atoms with Gasteiger partial charge in [-0.15, -0.1) is 0 Å². The first-order valence-corrected chi connectivity index (χ1v) is 8.95. The first-order chi connectivity index (χ1) is 12.0. The number of anilines is 1. The summed E-state index contributed by atoms with van der Waals surface area (Å²) in [5, 5.41) is 28.9. The van der Waals surface area contributed by atoms with Crippen LogP contribution in [0.25, 0.3) is 0 Å². The summed E-state index contributed by atoms with van der Waals surface area (Å²) in [6.45, 7) is 2.30. The van der Waals surface area contributed by atoms with Crippen LogP contribution in [0.5, 0.6) is 0 Å². The van der Waals surface area contributed by atoms with Crippen molar-refractivity contribution in [3.63, 3.8) is 0 Å². The summed E-state index contributed by atoms with van der Waals surface area (Å²) < 4.78 is 28.8. The van der Waals surface area contributed by atoms with Gasteiger partial charge in [-0.2, -0.15) is 0 Å². The molecule has 7 heteroatoms. The van der Waals surface area contributed by atoms with E-state index in [1.165, 1.54) is 12.1 Å². The van der Waals surface area contributed by atoms with Crippen LogP contribution in [0.4, 0.5) is 14.5 Å². The Hall–Kier alpha value is -1.28. The molecule has 0 radical (unpaired) electrons.